The summed E-state index contributed by atoms with van der Waals surface area (Å²) in [6.07, 6.45) is 0. The number of ether oxygens (including phenoxy) is 1. The number of methoxy groups -OCH3 is 1. The average molecular weight is 319 g/mol. The molecule has 1 aliphatic rings. The fourth-order valence-electron chi connectivity index (χ4n) is 2.72. The highest BCUT2D eigenvalue weighted by molar-refractivity contribution is 6.33. The van der Waals surface area contributed by atoms with E-state index in [9.17, 15) is 9.90 Å². The van der Waals surface area contributed by atoms with Crippen molar-refractivity contribution in [1.82, 2.24) is 4.90 Å². The largest absolute Gasteiger partial charge is 0.507 e. The fourth-order valence-corrected chi connectivity index (χ4v) is 2.95. The molecule has 1 N–H and O–H groups in total. The van der Waals surface area contributed by atoms with Crippen molar-refractivity contribution in [2.24, 2.45) is 0 Å². The summed E-state index contributed by atoms with van der Waals surface area (Å²) in [5.41, 5.74) is 2.46. The summed E-state index contributed by atoms with van der Waals surface area (Å²) in [6.45, 7) is 2.46. The molecule has 0 radical (unpaired) electrons. The number of halogens is 1. The normalized spacial score (nSPS) is 13.8. The fraction of sp³-hybridized carbons (Fsp3) is 0.235. The molecule has 0 spiro atoms. The van der Waals surface area contributed by atoms with E-state index >= 15 is 0 Å². The van der Waals surface area contributed by atoms with Gasteiger partial charge in [-0.2, -0.15) is 0 Å². The minimum atomic E-state index is -0.305. The number of nitrogens with zero attached hydrogens (tertiary/aromatic N) is 1. The molecule has 0 unspecified atom stereocenters. The molecular weight excluding hydrogens is 302 g/mol. The molecule has 0 bridgehead atoms. The van der Waals surface area contributed by atoms with E-state index < -0.39 is 0 Å². The first-order valence-electron chi connectivity index (χ1n) is 7.36. The zero-order valence-corrected chi connectivity index (χ0v) is 13.1. The molecule has 114 valence electrons. The van der Waals surface area contributed by atoms with Crippen LogP contribution in [-0.2, 0) is 13.1 Å². The first-order chi connectivity index (χ1) is 10.9. The number of hydrogen-bond donors (Lipinski definition) is 1. The van der Waals surface area contributed by atoms with Gasteiger partial charge >= 0.3 is 0 Å². The number of amides is 1. The number of fused-ring (bicyclic) bond motifs is 1. The Morgan fingerprint density at radius 2 is 2.14 bits per heavy atom. The van der Waals surface area contributed by atoms with E-state index in [4.69, 9.17) is 17.7 Å². The van der Waals surface area contributed by atoms with Gasteiger partial charge in [-0.25, -0.2) is 0 Å². The van der Waals surface area contributed by atoms with Gasteiger partial charge in [0.1, 0.15) is 11.5 Å². The van der Waals surface area contributed by atoms with Crippen LogP contribution in [0.4, 0.5) is 0 Å². The maximum Gasteiger partial charge on any atom is 0.258 e. The molecule has 0 aromatic heterocycles. The molecular formula is C17H16ClNO3. The van der Waals surface area contributed by atoms with Crippen LogP contribution in [-0.4, -0.2) is 23.0 Å². The molecule has 0 saturated carbocycles. The maximum atomic E-state index is 12.8. The van der Waals surface area contributed by atoms with Crippen LogP contribution in [0.5, 0.6) is 11.5 Å². The number of aromatic hydroxyl groups is 1. The number of phenols is 1. The highest BCUT2D eigenvalue weighted by Crippen LogP contribution is 2.37. The van der Waals surface area contributed by atoms with Crippen molar-refractivity contribution < 1.29 is 16.0 Å². The van der Waals surface area contributed by atoms with Crippen molar-refractivity contribution >= 4 is 17.5 Å². The van der Waals surface area contributed by atoms with Crippen LogP contribution in [0.15, 0.2) is 30.3 Å². The highest BCUT2D eigenvalue weighted by Gasteiger charge is 2.28. The van der Waals surface area contributed by atoms with Crippen LogP contribution < -0.4 is 4.74 Å². The Labute approximate surface area is 135 Å². The van der Waals surface area contributed by atoms with Gasteiger partial charge in [-0.3, -0.25) is 4.79 Å². The number of carbonyl (C=O) groups excluding carboxylic acids is 1. The van der Waals surface area contributed by atoms with Gasteiger partial charge in [0.15, 0.2) is 0 Å². The molecule has 1 amide bonds. The standard InChI is InChI=1S/C17H16ClNO3/c1-10-15(13(20)7-14(22-2)16(10)18)17(21)19-8-11-5-3-4-6-12(11)9-19/h3-7,20H,8-9H2,1-2H3/i5D. The number of phenolic OH excluding ortho intramolecular Hbond substituents is 1. The van der Waals surface area contributed by atoms with Gasteiger partial charge in [0.25, 0.3) is 5.91 Å². The quantitative estimate of drug-likeness (QED) is 0.921. The SMILES string of the molecule is [2H]c1cccc2c1CN(C(=O)c1c(O)cc(OC)c(Cl)c1C)C2. The van der Waals surface area contributed by atoms with Crippen molar-refractivity contribution in [3.8, 4) is 11.5 Å². The Morgan fingerprint density at radius 3 is 2.82 bits per heavy atom. The Bertz CT molecular complexity index is 807. The summed E-state index contributed by atoms with van der Waals surface area (Å²) >= 11 is 6.20. The first kappa shape index (κ1) is 13.5. The minimum absolute atomic E-state index is 0.157. The molecule has 22 heavy (non-hydrogen) atoms. The van der Waals surface area contributed by atoms with Crippen LogP contribution in [0.25, 0.3) is 0 Å². The summed E-state index contributed by atoms with van der Waals surface area (Å²) < 4.78 is 13.0. The number of carbonyl (C=O) groups is 1. The van der Waals surface area contributed by atoms with E-state index in [1.807, 2.05) is 12.1 Å². The van der Waals surface area contributed by atoms with E-state index in [-0.39, 0.29) is 17.2 Å². The smallest absolute Gasteiger partial charge is 0.258 e. The van der Waals surface area contributed by atoms with Crippen LogP contribution >= 0.6 is 11.6 Å². The molecule has 1 heterocycles. The van der Waals surface area contributed by atoms with E-state index in [0.717, 1.165) is 11.1 Å². The number of rotatable bonds is 2. The van der Waals surface area contributed by atoms with Gasteiger partial charge in [0, 0.05) is 19.2 Å². The summed E-state index contributed by atoms with van der Waals surface area (Å²) in [4.78, 5) is 14.4. The van der Waals surface area contributed by atoms with E-state index in [2.05, 4.69) is 0 Å². The van der Waals surface area contributed by atoms with Gasteiger partial charge in [0.05, 0.1) is 19.1 Å². The Kier molecular flexibility index (Phi) is 3.39. The lowest BCUT2D eigenvalue weighted by Gasteiger charge is -2.19. The molecule has 0 atom stereocenters. The zero-order chi connectivity index (χ0) is 16.7. The third kappa shape index (κ3) is 2.29. The van der Waals surface area contributed by atoms with Crippen molar-refractivity contribution in [2.75, 3.05) is 7.11 Å². The van der Waals surface area contributed by atoms with Crippen LogP contribution in [0.2, 0.25) is 5.02 Å². The van der Waals surface area contributed by atoms with Crippen molar-refractivity contribution in [1.29, 1.82) is 0 Å². The Hall–Kier alpha value is -2.20. The van der Waals surface area contributed by atoms with Crippen molar-refractivity contribution in [2.45, 2.75) is 20.0 Å². The highest BCUT2D eigenvalue weighted by atomic mass is 35.5. The van der Waals surface area contributed by atoms with Gasteiger partial charge in [-0.05, 0) is 23.6 Å². The molecule has 1 aliphatic heterocycles. The second kappa shape index (κ2) is 5.54. The predicted molar refractivity (Wildman–Crippen MR) is 84.4 cm³/mol. The Morgan fingerprint density at radius 1 is 1.41 bits per heavy atom. The monoisotopic (exact) mass is 318 g/mol. The lowest BCUT2D eigenvalue weighted by Crippen LogP contribution is -2.26. The second-order valence-corrected chi connectivity index (χ2v) is 5.63. The molecule has 0 aliphatic carbocycles. The molecule has 5 heteroatoms. The molecule has 2 aromatic carbocycles. The molecule has 2 aromatic rings. The molecule has 3 rings (SSSR count). The summed E-state index contributed by atoms with van der Waals surface area (Å²) in [6, 6.07) is 7.20. The van der Waals surface area contributed by atoms with Gasteiger partial charge in [0.2, 0.25) is 0 Å². The zero-order valence-electron chi connectivity index (χ0n) is 13.3. The van der Waals surface area contributed by atoms with Crippen LogP contribution in [0, 0.1) is 6.92 Å². The van der Waals surface area contributed by atoms with E-state index in [1.165, 1.54) is 13.2 Å². The second-order valence-electron chi connectivity index (χ2n) is 5.25. The number of benzene rings is 2. The van der Waals surface area contributed by atoms with Crippen molar-refractivity contribution in [3.05, 3.63) is 57.6 Å². The number of hydrogen-bond acceptors (Lipinski definition) is 3. The Balaban J connectivity index is 1.97. The minimum Gasteiger partial charge on any atom is -0.507 e. The van der Waals surface area contributed by atoms with E-state index in [1.54, 1.807) is 17.9 Å². The van der Waals surface area contributed by atoms with Gasteiger partial charge in [-0.1, -0.05) is 35.8 Å². The summed E-state index contributed by atoms with van der Waals surface area (Å²) in [5.74, 6) is -0.132. The third-order valence-corrected chi connectivity index (χ3v) is 4.38. The van der Waals surface area contributed by atoms with Crippen LogP contribution in [0.1, 0.15) is 28.4 Å². The molecule has 0 fully saturated rings. The lowest BCUT2D eigenvalue weighted by atomic mass is 10.1. The average Bonchev–Trinajstić information content (AvgIpc) is 2.96. The molecule has 0 saturated heterocycles. The van der Waals surface area contributed by atoms with Gasteiger partial charge < -0.3 is 14.7 Å². The summed E-state index contributed by atoms with van der Waals surface area (Å²) in [7, 11) is 1.45. The molecule has 4 nitrogen and oxygen atoms in total. The van der Waals surface area contributed by atoms with Crippen molar-refractivity contribution in [3.63, 3.8) is 0 Å². The lowest BCUT2D eigenvalue weighted by molar-refractivity contribution is 0.0747. The van der Waals surface area contributed by atoms with E-state index in [0.29, 0.717) is 35.5 Å². The van der Waals surface area contributed by atoms with Crippen LogP contribution in [0.3, 0.4) is 0 Å². The summed E-state index contributed by atoms with van der Waals surface area (Å²) in [5, 5.41) is 10.5. The predicted octanol–water partition coefficient (Wildman–Crippen LogP) is 3.52. The maximum absolute atomic E-state index is 12.8. The topological polar surface area (TPSA) is 49.8 Å². The third-order valence-electron chi connectivity index (χ3n) is 3.91. The first-order valence-corrected chi connectivity index (χ1v) is 7.24. The van der Waals surface area contributed by atoms with Gasteiger partial charge in [-0.15, -0.1) is 0 Å².